The average Bonchev–Trinajstić information content (AvgIpc) is 3.60. The van der Waals surface area contributed by atoms with Gasteiger partial charge in [0, 0.05) is 29.5 Å². The smallest absolute Gasteiger partial charge is 0.337 e. The van der Waals surface area contributed by atoms with Crippen LogP contribution in [0.1, 0.15) is 45.5 Å². The van der Waals surface area contributed by atoms with Crippen molar-refractivity contribution < 1.29 is 38.0 Å². The molecule has 0 aromatic heterocycles. The number of amides is 1. The van der Waals surface area contributed by atoms with E-state index in [1.54, 1.807) is 37.4 Å². The van der Waals surface area contributed by atoms with Crippen LogP contribution in [0, 0.1) is 5.82 Å². The van der Waals surface area contributed by atoms with Crippen LogP contribution in [-0.4, -0.2) is 92.4 Å². The summed E-state index contributed by atoms with van der Waals surface area (Å²) >= 11 is 13.4. The van der Waals surface area contributed by atoms with E-state index in [4.69, 9.17) is 42.1 Å². The molecule has 48 heavy (non-hydrogen) atoms. The average molecular weight is 699 g/mol. The number of carbonyl (C=O) groups excluding carboxylic acids is 1. The van der Waals surface area contributed by atoms with Gasteiger partial charge in [-0.1, -0.05) is 41.4 Å². The first kappa shape index (κ1) is 31.6. The highest BCUT2D eigenvalue weighted by Crippen LogP contribution is 2.45. The van der Waals surface area contributed by atoms with E-state index in [9.17, 15) is 14.7 Å². The van der Waals surface area contributed by atoms with Gasteiger partial charge in [0.15, 0.2) is 6.73 Å². The zero-order valence-corrected chi connectivity index (χ0v) is 27.7. The van der Waals surface area contributed by atoms with Crippen molar-refractivity contribution in [2.24, 2.45) is 0 Å². The highest BCUT2D eigenvalue weighted by molar-refractivity contribution is 6.40. The number of hydrogen-bond donors (Lipinski definition) is 1. The summed E-state index contributed by atoms with van der Waals surface area (Å²) in [6, 6.07) is 11.6. The lowest BCUT2D eigenvalue weighted by molar-refractivity contribution is -0.0891. The number of carbonyl (C=O) groups is 2. The largest absolute Gasteiger partial charge is 0.478 e. The standard InChI is InChI=1S/C35H34Cl2FN3O7/c1-45-30-7-8-48-35(30)16-40(17-35)22-9-26(36)31(27(37)10-22)33(42)39-13-19-3-2-4-23(32(19)47-18-39)24-12-29(25(34(43)44)11-28(24)38)41-20-5-6-21(41)15-46-14-20/h2-4,9-12,20-21,30H,5-8,13-18H2,1H3,(H,43,44)/t20?,21?,30-/m1/s1. The monoisotopic (exact) mass is 697 g/mol. The van der Waals surface area contributed by atoms with E-state index in [1.165, 1.54) is 4.90 Å². The van der Waals surface area contributed by atoms with Crippen LogP contribution in [0.15, 0.2) is 42.5 Å². The number of aromatic carboxylic acids is 1. The number of carboxylic acids is 1. The molecule has 0 aliphatic carbocycles. The molecule has 0 saturated carbocycles. The fourth-order valence-corrected chi connectivity index (χ4v) is 8.67. The summed E-state index contributed by atoms with van der Waals surface area (Å²) < 4.78 is 39.2. The van der Waals surface area contributed by atoms with Gasteiger partial charge >= 0.3 is 5.97 Å². The van der Waals surface area contributed by atoms with E-state index < -0.39 is 17.7 Å². The number of hydrogen-bond acceptors (Lipinski definition) is 8. The third-order valence-corrected chi connectivity index (χ3v) is 11.0. The van der Waals surface area contributed by atoms with Crippen molar-refractivity contribution in [2.75, 3.05) is 56.6 Å². The lowest BCUT2D eigenvalue weighted by Crippen LogP contribution is -2.67. The maximum atomic E-state index is 15.7. The molecule has 4 saturated heterocycles. The van der Waals surface area contributed by atoms with Gasteiger partial charge in [-0.2, -0.15) is 0 Å². The summed E-state index contributed by atoms with van der Waals surface area (Å²) in [5, 5.41) is 10.4. The van der Waals surface area contributed by atoms with Crippen LogP contribution in [0.4, 0.5) is 15.8 Å². The highest BCUT2D eigenvalue weighted by atomic mass is 35.5. The first-order valence-electron chi connectivity index (χ1n) is 16.1. The molecule has 2 bridgehead atoms. The summed E-state index contributed by atoms with van der Waals surface area (Å²) in [6.45, 7) is 2.99. The zero-order chi connectivity index (χ0) is 33.3. The molecule has 3 atom stereocenters. The number of anilines is 2. The van der Waals surface area contributed by atoms with Crippen molar-refractivity contribution in [2.45, 2.75) is 49.6 Å². The summed E-state index contributed by atoms with van der Waals surface area (Å²) in [6.07, 6.45) is 2.64. The molecule has 3 aromatic rings. The van der Waals surface area contributed by atoms with Crippen molar-refractivity contribution in [1.29, 1.82) is 0 Å². The van der Waals surface area contributed by atoms with Crippen LogP contribution < -0.4 is 14.5 Å². The van der Waals surface area contributed by atoms with E-state index in [0.717, 1.165) is 31.0 Å². The fourth-order valence-electron chi connectivity index (χ4n) is 8.03. The van der Waals surface area contributed by atoms with Crippen molar-refractivity contribution >= 4 is 46.5 Å². The minimum atomic E-state index is -1.19. The first-order valence-corrected chi connectivity index (χ1v) is 16.8. The van der Waals surface area contributed by atoms with Gasteiger partial charge in [-0.15, -0.1) is 0 Å². The van der Waals surface area contributed by atoms with E-state index in [2.05, 4.69) is 9.80 Å². The van der Waals surface area contributed by atoms with Crippen LogP contribution in [0.5, 0.6) is 5.75 Å². The summed E-state index contributed by atoms with van der Waals surface area (Å²) in [5.41, 5.74) is 2.38. The molecule has 1 amide bonds. The number of halogens is 3. The maximum Gasteiger partial charge on any atom is 0.337 e. The predicted molar refractivity (Wildman–Crippen MR) is 177 cm³/mol. The number of nitrogens with zero attached hydrogens (tertiary/aromatic N) is 3. The fraction of sp³-hybridized carbons (Fsp3) is 0.429. The van der Waals surface area contributed by atoms with Crippen molar-refractivity contribution in [3.05, 3.63) is 75.0 Å². The molecule has 3 aromatic carbocycles. The van der Waals surface area contributed by atoms with Crippen molar-refractivity contribution in [3.63, 3.8) is 0 Å². The van der Waals surface area contributed by atoms with Crippen LogP contribution in [-0.2, 0) is 20.8 Å². The van der Waals surface area contributed by atoms with Gasteiger partial charge in [0.1, 0.15) is 17.2 Å². The minimum absolute atomic E-state index is 0.0280. The van der Waals surface area contributed by atoms with Crippen molar-refractivity contribution in [3.8, 4) is 16.9 Å². The Balaban J connectivity index is 1.05. The predicted octanol–water partition coefficient (Wildman–Crippen LogP) is 5.85. The summed E-state index contributed by atoms with van der Waals surface area (Å²) in [4.78, 5) is 31.7. The molecule has 0 radical (unpaired) electrons. The maximum absolute atomic E-state index is 15.7. The Kier molecular flexibility index (Phi) is 7.95. The molecule has 13 heteroatoms. The van der Waals surface area contributed by atoms with E-state index in [1.807, 2.05) is 6.07 Å². The van der Waals surface area contributed by atoms with E-state index in [0.29, 0.717) is 55.5 Å². The number of carboxylic acid groups (broad SMARTS) is 1. The zero-order valence-electron chi connectivity index (χ0n) is 26.2. The number of methoxy groups -OCH3 is 1. The Hall–Kier alpha value is -3.61. The Bertz CT molecular complexity index is 1780. The Morgan fingerprint density at radius 1 is 1.02 bits per heavy atom. The molecule has 1 N–H and O–H groups in total. The first-order chi connectivity index (χ1) is 23.2. The number of para-hydroxylation sites is 1. The second kappa shape index (κ2) is 12.1. The number of benzene rings is 3. The number of fused-ring (bicyclic) bond motifs is 3. The molecule has 1 spiro atoms. The van der Waals surface area contributed by atoms with Crippen LogP contribution >= 0.6 is 23.2 Å². The van der Waals surface area contributed by atoms with Crippen LogP contribution in [0.3, 0.4) is 0 Å². The number of morpholine rings is 1. The summed E-state index contributed by atoms with van der Waals surface area (Å²) in [5.74, 6) is -1.82. The topological polar surface area (TPSA) is 101 Å². The molecular weight excluding hydrogens is 664 g/mol. The van der Waals surface area contributed by atoms with Gasteiger partial charge < -0.3 is 38.8 Å². The lowest BCUT2D eigenvalue weighted by atomic mass is 9.87. The van der Waals surface area contributed by atoms with Gasteiger partial charge in [0.05, 0.1) is 84.5 Å². The van der Waals surface area contributed by atoms with Gasteiger partial charge in [-0.3, -0.25) is 4.79 Å². The Morgan fingerprint density at radius 2 is 1.75 bits per heavy atom. The molecule has 4 fully saturated rings. The molecule has 5 aliphatic rings. The Morgan fingerprint density at radius 3 is 2.44 bits per heavy atom. The van der Waals surface area contributed by atoms with Gasteiger partial charge in [-0.05, 0) is 43.5 Å². The van der Waals surface area contributed by atoms with E-state index >= 15 is 4.39 Å². The van der Waals surface area contributed by atoms with Gasteiger partial charge in [-0.25, -0.2) is 9.18 Å². The number of ether oxygens (including phenoxy) is 4. The second-order valence-corrected chi connectivity index (χ2v) is 13.9. The third-order valence-electron chi connectivity index (χ3n) is 10.4. The SMILES string of the molecule is CO[C@@H]1CCOC12CN(c1cc(Cl)c(C(=O)N3COc4c(cccc4-c4cc(N5C6CCC5COC6)c(C(=O)O)cc4F)C3)c(Cl)c1)C2. The molecule has 2 unspecified atom stereocenters. The van der Waals surface area contributed by atoms with Crippen LogP contribution in [0.25, 0.3) is 11.1 Å². The van der Waals surface area contributed by atoms with Crippen molar-refractivity contribution in [1.82, 2.24) is 4.90 Å². The second-order valence-electron chi connectivity index (χ2n) is 13.1. The minimum Gasteiger partial charge on any atom is -0.478 e. The Labute approximate surface area is 286 Å². The van der Waals surface area contributed by atoms with Gasteiger partial charge in [0.25, 0.3) is 5.91 Å². The summed E-state index contributed by atoms with van der Waals surface area (Å²) in [7, 11) is 1.70. The molecule has 8 rings (SSSR count). The third kappa shape index (κ3) is 5.09. The van der Waals surface area contributed by atoms with Crippen LogP contribution in [0.2, 0.25) is 10.0 Å². The molecule has 10 nitrogen and oxygen atoms in total. The molecule has 5 aliphatic heterocycles. The lowest BCUT2D eigenvalue weighted by Gasteiger charge is -2.50. The van der Waals surface area contributed by atoms with Gasteiger partial charge in [0.2, 0.25) is 0 Å². The highest BCUT2D eigenvalue weighted by Gasteiger charge is 2.54. The molecule has 252 valence electrons. The molecule has 5 heterocycles. The normalized spacial score (nSPS) is 24.0. The number of rotatable bonds is 6. The van der Waals surface area contributed by atoms with E-state index in [-0.39, 0.29) is 63.8 Å². The molecular formula is C35H34Cl2FN3O7. The quantitative estimate of drug-likeness (QED) is 0.340.